The summed E-state index contributed by atoms with van der Waals surface area (Å²) in [6.45, 7) is 0.153. The average molecular weight is 278 g/mol. The minimum atomic E-state index is -0.325. The van der Waals surface area contributed by atoms with E-state index in [4.69, 9.17) is 10.8 Å². The Morgan fingerprint density at radius 2 is 2.26 bits per heavy atom. The van der Waals surface area contributed by atoms with Gasteiger partial charge in [0, 0.05) is 12.3 Å². The smallest absolute Gasteiger partial charge is 0.286 e. The number of carbonyl (C=O) groups excluding carboxylic acids is 1. The second-order valence-electron chi connectivity index (χ2n) is 3.93. The number of aryl methyl sites for hydroxylation is 1. The summed E-state index contributed by atoms with van der Waals surface area (Å²) >= 11 is 1.04. The van der Waals surface area contributed by atoms with Gasteiger partial charge in [0.05, 0.1) is 0 Å². The van der Waals surface area contributed by atoms with Crippen LogP contribution in [-0.4, -0.2) is 27.8 Å². The van der Waals surface area contributed by atoms with Crippen LogP contribution in [0, 0.1) is 0 Å². The second kappa shape index (κ2) is 6.26. The Labute approximate surface area is 114 Å². The zero-order valence-electron chi connectivity index (χ0n) is 10.2. The Bertz CT molecular complexity index is 570. The first-order chi connectivity index (χ1) is 9.19. The number of carbonyl (C=O) groups is 1. The van der Waals surface area contributed by atoms with Crippen LogP contribution in [0.1, 0.15) is 21.8 Å². The molecular formula is C12H14N4O2S. The number of nitrogens with zero attached hydrogens (tertiary/aromatic N) is 2. The van der Waals surface area contributed by atoms with Crippen LogP contribution in [0.4, 0.5) is 10.8 Å². The number of benzene rings is 1. The molecule has 0 aliphatic rings. The summed E-state index contributed by atoms with van der Waals surface area (Å²) < 4.78 is 0. The van der Waals surface area contributed by atoms with E-state index in [1.54, 1.807) is 6.07 Å². The van der Waals surface area contributed by atoms with Gasteiger partial charge in [0.15, 0.2) is 0 Å². The molecule has 100 valence electrons. The van der Waals surface area contributed by atoms with Gasteiger partial charge in [-0.3, -0.25) is 4.79 Å². The van der Waals surface area contributed by atoms with Crippen molar-refractivity contribution in [2.75, 3.05) is 17.7 Å². The fraction of sp³-hybridized carbons (Fsp3) is 0.250. The van der Waals surface area contributed by atoms with Crippen LogP contribution in [0.5, 0.6) is 0 Å². The summed E-state index contributed by atoms with van der Waals surface area (Å²) in [6.07, 6.45) is 1.47. The fourth-order valence-electron chi connectivity index (χ4n) is 1.60. The molecule has 0 radical (unpaired) electrons. The molecule has 7 heteroatoms. The first kappa shape index (κ1) is 13.4. The number of amides is 1. The first-order valence-electron chi connectivity index (χ1n) is 5.79. The molecule has 0 saturated carbocycles. The molecule has 1 aromatic carbocycles. The Hall–Kier alpha value is -1.99. The monoisotopic (exact) mass is 278 g/mol. The third-order valence-corrected chi connectivity index (χ3v) is 3.19. The van der Waals surface area contributed by atoms with E-state index in [-0.39, 0.29) is 22.7 Å². The number of rotatable bonds is 5. The lowest BCUT2D eigenvalue weighted by atomic mass is 10.1. The fourth-order valence-corrected chi connectivity index (χ4v) is 2.10. The molecule has 19 heavy (non-hydrogen) atoms. The van der Waals surface area contributed by atoms with Gasteiger partial charge in [-0.1, -0.05) is 23.5 Å². The van der Waals surface area contributed by atoms with Crippen molar-refractivity contribution in [3.8, 4) is 0 Å². The molecule has 0 fully saturated rings. The summed E-state index contributed by atoms with van der Waals surface area (Å²) in [5, 5.41) is 19.3. The number of anilines is 2. The van der Waals surface area contributed by atoms with Gasteiger partial charge in [0.2, 0.25) is 10.1 Å². The lowest BCUT2D eigenvalue weighted by Gasteiger charge is -2.05. The van der Waals surface area contributed by atoms with Crippen LogP contribution in [0.3, 0.4) is 0 Å². The minimum Gasteiger partial charge on any atom is -0.396 e. The van der Waals surface area contributed by atoms with Gasteiger partial charge in [0.25, 0.3) is 5.91 Å². The molecule has 0 atom stereocenters. The van der Waals surface area contributed by atoms with E-state index in [1.807, 2.05) is 18.2 Å². The normalized spacial score (nSPS) is 10.4. The van der Waals surface area contributed by atoms with Crippen LogP contribution >= 0.6 is 11.3 Å². The molecule has 1 heterocycles. The van der Waals surface area contributed by atoms with Gasteiger partial charge in [-0.05, 0) is 30.5 Å². The van der Waals surface area contributed by atoms with E-state index in [1.165, 1.54) is 0 Å². The van der Waals surface area contributed by atoms with Crippen LogP contribution in [0.25, 0.3) is 0 Å². The van der Waals surface area contributed by atoms with Crippen molar-refractivity contribution in [3.63, 3.8) is 0 Å². The lowest BCUT2D eigenvalue weighted by molar-refractivity contribution is 0.102. The van der Waals surface area contributed by atoms with Crippen molar-refractivity contribution in [3.05, 3.63) is 34.8 Å². The zero-order chi connectivity index (χ0) is 13.7. The predicted octanol–water partition coefficient (Wildman–Crippen LogP) is 1.30. The maximum Gasteiger partial charge on any atom is 0.286 e. The molecule has 2 aromatic rings. The van der Waals surface area contributed by atoms with Crippen molar-refractivity contribution >= 4 is 28.1 Å². The number of nitrogens with two attached hydrogens (primary N) is 1. The first-order valence-corrected chi connectivity index (χ1v) is 6.61. The Balaban J connectivity index is 2.04. The largest absolute Gasteiger partial charge is 0.396 e. The highest BCUT2D eigenvalue weighted by Crippen LogP contribution is 2.16. The maximum atomic E-state index is 11.9. The molecule has 4 N–H and O–H groups in total. The topological polar surface area (TPSA) is 101 Å². The molecule has 0 aliphatic heterocycles. The summed E-state index contributed by atoms with van der Waals surface area (Å²) in [5.74, 6) is -0.325. The lowest BCUT2D eigenvalue weighted by Crippen LogP contribution is -2.11. The molecule has 0 unspecified atom stereocenters. The Morgan fingerprint density at radius 1 is 1.42 bits per heavy atom. The van der Waals surface area contributed by atoms with Crippen LogP contribution < -0.4 is 11.1 Å². The van der Waals surface area contributed by atoms with E-state index in [0.29, 0.717) is 12.1 Å². The molecule has 0 spiro atoms. The summed E-state index contributed by atoms with van der Waals surface area (Å²) in [5.41, 5.74) is 7.18. The third kappa shape index (κ3) is 3.73. The SMILES string of the molecule is Nc1nnc(C(=O)Nc2cccc(CCCO)c2)s1. The summed E-state index contributed by atoms with van der Waals surface area (Å²) in [7, 11) is 0. The van der Waals surface area contributed by atoms with Crippen molar-refractivity contribution in [2.24, 2.45) is 0 Å². The standard InChI is InChI=1S/C12H14N4O2S/c13-12-16-15-11(19-12)10(18)14-9-5-1-3-8(7-9)4-2-6-17/h1,3,5,7,17H,2,4,6H2,(H2,13,16)(H,14,18). The second-order valence-corrected chi connectivity index (χ2v) is 4.94. The van der Waals surface area contributed by atoms with Crippen LogP contribution in [0.2, 0.25) is 0 Å². The number of hydrogen-bond acceptors (Lipinski definition) is 6. The Kier molecular flexibility index (Phi) is 4.43. The number of aromatic nitrogens is 2. The molecule has 0 aliphatic carbocycles. The molecule has 0 saturated heterocycles. The van der Waals surface area contributed by atoms with Gasteiger partial charge in [-0.15, -0.1) is 10.2 Å². The predicted molar refractivity (Wildman–Crippen MR) is 74.1 cm³/mol. The number of aliphatic hydroxyl groups excluding tert-OH is 1. The zero-order valence-corrected chi connectivity index (χ0v) is 11.0. The molecule has 0 bridgehead atoms. The van der Waals surface area contributed by atoms with Crippen LogP contribution in [-0.2, 0) is 6.42 Å². The van der Waals surface area contributed by atoms with Gasteiger partial charge < -0.3 is 16.2 Å². The van der Waals surface area contributed by atoms with Crippen molar-refractivity contribution < 1.29 is 9.90 Å². The number of nitrogens with one attached hydrogen (secondary N) is 1. The molecule has 1 aromatic heterocycles. The van der Waals surface area contributed by atoms with Crippen molar-refractivity contribution in [1.82, 2.24) is 10.2 Å². The summed E-state index contributed by atoms with van der Waals surface area (Å²) in [4.78, 5) is 11.9. The van der Waals surface area contributed by atoms with Gasteiger partial charge in [-0.2, -0.15) is 0 Å². The highest BCUT2D eigenvalue weighted by molar-refractivity contribution is 7.16. The average Bonchev–Trinajstić information content (AvgIpc) is 2.83. The number of hydrogen-bond donors (Lipinski definition) is 3. The molecule has 6 nitrogen and oxygen atoms in total. The Morgan fingerprint density at radius 3 is 2.95 bits per heavy atom. The number of aliphatic hydroxyl groups is 1. The van der Waals surface area contributed by atoms with Crippen molar-refractivity contribution in [1.29, 1.82) is 0 Å². The van der Waals surface area contributed by atoms with E-state index in [0.717, 1.165) is 23.3 Å². The molecule has 1 amide bonds. The van der Waals surface area contributed by atoms with Gasteiger partial charge in [-0.25, -0.2) is 0 Å². The van der Waals surface area contributed by atoms with E-state index in [9.17, 15) is 4.79 Å². The van der Waals surface area contributed by atoms with E-state index < -0.39 is 0 Å². The van der Waals surface area contributed by atoms with Crippen molar-refractivity contribution in [2.45, 2.75) is 12.8 Å². The highest BCUT2D eigenvalue weighted by Gasteiger charge is 2.11. The van der Waals surface area contributed by atoms with Crippen LogP contribution in [0.15, 0.2) is 24.3 Å². The van der Waals surface area contributed by atoms with Gasteiger partial charge >= 0.3 is 0 Å². The molecular weight excluding hydrogens is 264 g/mol. The highest BCUT2D eigenvalue weighted by atomic mass is 32.1. The molecule has 2 rings (SSSR count). The minimum absolute atomic E-state index is 0.153. The quantitative estimate of drug-likeness (QED) is 0.765. The van der Waals surface area contributed by atoms with Gasteiger partial charge in [0.1, 0.15) is 0 Å². The number of nitrogen functional groups attached to an aromatic ring is 1. The summed E-state index contributed by atoms with van der Waals surface area (Å²) in [6, 6.07) is 7.48. The maximum absolute atomic E-state index is 11.9. The van der Waals surface area contributed by atoms with E-state index in [2.05, 4.69) is 15.5 Å². The van der Waals surface area contributed by atoms with E-state index >= 15 is 0 Å². The third-order valence-electron chi connectivity index (χ3n) is 2.44.